The molecule has 0 aromatic carbocycles. The summed E-state index contributed by atoms with van der Waals surface area (Å²) in [5.41, 5.74) is 0. The molecule has 7 heteroatoms. The molecular formula is C10H18F3NO3. The van der Waals surface area contributed by atoms with Crippen molar-refractivity contribution < 1.29 is 27.8 Å². The van der Waals surface area contributed by atoms with Gasteiger partial charge in [-0.1, -0.05) is 0 Å². The number of halogens is 3. The van der Waals surface area contributed by atoms with Crippen molar-refractivity contribution in [3.63, 3.8) is 0 Å². The molecule has 0 spiro atoms. The molecule has 0 heterocycles. The zero-order valence-electron chi connectivity index (χ0n) is 9.96. The van der Waals surface area contributed by atoms with Gasteiger partial charge in [0.2, 0.25) is 5.91 Å². The quantitative estimate of drug-likeness (QED) is 0.697. The van der Waals surface area contributed by atoms with E-state index in [2.05, 4.69) is 4.74 Å². The minimum Gasteiger partial charge on any atom is -0.395 e. The number of aliphatic hydroxyl groups excluding tert-OH is 1. The third kappa shape index (κ3) is 7.98. The molecule has 0 rings (SSSR count). The highest BCUT2D eigenvalue weighted by Crippen LogP contribution is 2.14. The number of hydrogen-bond acceptors (Lipinski definition) is 3. The van der Waals surface area contributed by atoms with E-state index < -0.39 is 12.8 Å². The highest BCUT2D eigenvalue weighted by molar-refractivity contribution is 5.76. The summed E-state index contributed by atoms with van der Waals surface area (Å²) >= 11 is 0. The summed E-state index contributed by atoms with van der Waals surface area (Å²) in [5, 5.41) is 8.74. The summed E-state index contributed by atoms with van der Waals surface area (Å²) in [4.78, 5) is 13.0. The van der Waals surface area contributed by atoms with Crippen LogP contribution in [-0.2, 0) is 9.53 Å². The zero-order valence-corrected chi connectivity index (χ0v) is 9.96. The number of ether oxygens (including phenoxy) is 1. The lowest BCUT2D eigenvalue weighted by molar-refractivity contribution is -0.175. The molecule has 0 aliphatic rings. The average Bonchev–Trinajstić information content (AvgIpc) is 2.18. The Hall–Kier alpha value is -0.820. The van der Waals surface area contributed by atoms with Crippen LogP contribution in [0.5, 0.6) is 0 Å². The van der Waals surface area contributed by atoms with Crippen LogP contribution in [-0.4, -0.2) is 54.5 Å². The second kappa shape index (κ2) is 7.50. The SMILES string of the molecule is CC(C)N(CCO)C(=O)CCOCC(F)(F)F. The van der Waals surface area contributed by atoms with Gasteiger partial charge in [-0.3, -0.25) is 4.79 Å². The molecule has 1 N–H and O–H groups in total. The third-order valence-corrected chi connectivity index (χ3v) is 2.01. The Morgan fingerprint density at radius 1 is 1.41 bits per heavy atom. The van der Waals surface area contributed by atoms with E-state index in [9.17, 15) is 18.0 Å². The summed E-state index contributed by atoms with van der Waals surface area (Å²) in [5.74, 6) is -0.323. The Morgan fingerprint density at radius 2 is 2.00 bits per heavy atom. The number of amides is 1. The Bertz CT molecular complexity index is 231. The van der Waals surface area contributed by atoms with Crippen LogP contribution in [0, 0.1) is 0 Å². The predicted octanol–water partition coefficient (Wildman–Crippen LogP) is 1.18. The van der Waals surface area contributed by atoms with Gasteiger partial charge >= 0.3 is 6.18 Å². The van der Waals surface area contributed by atoms with Gasteiger partial charge < -0.3 is 14.7 Å². The monoisotopic (exact) mass is 257 g/mol. The molecule has 1 amide bonds. The fourth-order valence-electron chi connectivity index (χ4n) is 1.27. The Balaban J connectivity index is 3.91. The smallest absolute Gasteiger partial charge is 0.395 e. The van der Waals surface area contributed by atoms with Crippen molar-refractivity contribution >= 4 is 5.91 Å². The molecule has 17 heavy (non-hydrogen) atoms. The molecule has 0 bridgehead atoms. The summed E-state index contributed by atoms with van der Waals surface area (Å²) in [7, 11) is 0. The number of nitrogens with zero attached hydrogens (tertiary/aromatic N) is 1. The van der Waals surface area contributed by atoms with E-state index in [1.165, 1.54) is 4.90 Å². The number of hydrogen-bond donors (Lipinski definition) is 1. The fourth-order valence-corrected chi connectivity index (χ4v) is 1.27. The van der Waals surface area contributed by atoms with E-state index in [4.69, 9.17) is 5.11 Å². The first kappa shape index (κ1) is 16.2. The first-order chi connectivity index (χ1) is 7.78. The predicted molar refractivity (Wildman–Crippen MR) is 55.4 cm³/mol. The van der Waals surface area contributed by atoms with Crippen molar-refractivity contribution in [3.05, 3.63) is 0 Å². The second-order valence-corrected chi connectivity index (χ2v) is 3.82. The molecule has 0 aromatic heterocycles. The molecule has 0 fully saturated rings. The van der Waals surface area contributed by atoms with Crippen LogP contribution >= 0.6 is 0 Å². The Labute approximate surface area is 98.3 Å². The second-order valence-electron chi connectivity index (χ2n) is 3.82. The first-order valence-electron chi connectivity index (χ1n) is 5.32. The average molecular weight is 257 g/mol. The lowest BCUT2D eigenvalue weighted by atomic mass is 10.2. The van der Waals surface area contributed by atoms with Gasteiger partial charge in [-0.25, -0.2) is 0 Å². The van der Waals surface area contributed by atoms with Crippen LogP contribution < -0.4 is 0 Å². The van der Waals surface area contributed by atoms with Gasteiger partial charge in [0.1, 0.15) is 6.61 Å². The Kier molecular flexibility index (Phi) is 7.13. The largest absolute Gasteiger partial charge is 0.411 e. The molecule has 0 atom stereocenters. The highest BCUT2D eigenvalue weighted by Gasteiger charge is 2.27. The summed E-state index contributed by atoms with van der Waals surface area (Å²) < 4.78 is 39.5. The minimum absolute atomic E-state index is 0.0998. The molecule has 0 aliphatic carbocycles. The van der Waals surface area contributed by atoms with Crippen molar-refractivity contribution in [1.29, 1.82) is 0 Å². The molecule has 0 aromatic rings. The van der Waals surface area contributed by atoms with Crippen LogP contribution in [0.4, 0.5) is 13.2 Å². The zero-order chi connectivity index (χ0) is 13.5. The van der Waals surface area contributed by atoms with Gasteiger partial charge in [-0.2, -0.15) is 13.2 Å². The van der Waals surface area contributed by atoms with E-state index >= 15 is 0 Å². The van der Waals surface area contributed by atoms with Crippen LogP contribution in [0.25, 0.3) is 0 Å². The van der Waals surface area contributed by atoms with Gasteiger partial charge in [-0.15, -0.1) is 0 Å². The van der Waals surface area contributed by atoms with Crippen molar-refractivity contribution in [1.82, 2.24) is 4.90 Å². The number of aliphatic hydroxyl groups is 1. The van der Waals surface area contributed by atoms with Gasteiger partial charge in [0.15, 0.2) is 0 Å². The topological polar surface area (TPSA) is 49.8 Å². The molecule has 0 radical (unpaired) electrons. The molecular weight excluding hydrogens is 239 g/mol. The molecule has 0 saturated carbocycles. The fraction of sp³-hybridized carbons (Fsp3) is 0.900. The summed E-state index contributed by atoms with van der Waals surface area (Å²) in [6, 6.07) is -0.0998. The van der Waals surface area contributed by atoms with Crippen LogP contribution in [0.2, 0.25) is 0 Å². The minimum atomic E-state index is -4.37. The van der Waals surface area contributed by atoms with Gasteiger partial charge in [0.05, 0.1) is 19.6 Å². The standard InChI is InChI=1S/C10H18F3NO3/c1-8(2)14(4-5-15)9(16)3-6-17-7-10(11,12)13/h8,15H,3-7H2,1-2H3. The van der Waals surface area contributed by atoms with Gasteiger partial charge in [0.25, 0.3) is 0 Å². The van der Waals surface area contributed by atoms with Crippen LogP contribution in [0.15, 0.2) is 0 Å². The molecule has 102 valence electrons. The maximum absolute atomic E-state index is 11.7. The van der Waals surface area contributed by atoms with Crippen molar-refractivity contribution in [2.45, 2.75) is 32.5 Å². The van der Waals surface area contributed by atoms with Gasteiger partial charge in [-0.05, 0) is 13.8 Å². The lowest BCUT2D eigenvalue weighted by Gasteiger charge is -2.25. The number of alkyl halides is 3. The molecule has 0 saturated heterocycles. The normalized spacial score (nSPS) is 11.9. The van der Waals surface area contributed by atoms with E-state index in [1.54, 1.807) is 13.8 Å². The number of rotatable bonds is 7. The summed E-state index contributed by atoms with van der Waals surface area (Å²) in [6.45, 7) is 1.92. The summed E-state index contributed by atoms with van der Waals surface area (Å²) in [6.07, 6.45) is -4.49. The van der Waals surface area contributed by atoms with Crippen molar-refractivity contribution in [3.8, 4) is 0 Å². The molecule has 0 aliphatic heterocycles. The van der Waals surface area contributed by atoms with Crippen molar-refractivity contribution in [2.24, 2.45) is 0 Å². The first-order valence-corrected chi connectivity index (χ1v) is 5.32. The molecule has 0 unspecified atom stereocenters. The lowest BCUT2D eigenvalue weighted by Crippen LogP contribution is -2.39. The van der Waals surface area contributed by atoms with Crippen molar-refractivity contribution in [2.75, 3.05) is 26.4 Å². The van der Waals surface area contributed by atoms with Crippen LogP contribution in [0.3, 0.4) is 0 Å². The van der Waals surface area contributed by atoms with Crippen LogP contribution in [0.1, 0.15) is 20.3 Å². The number of carbonyl (C=O) groups excluding carboxylic acids is 1. The molecule has 4 nitrogen and oxygen atoms in total. The number of carbonyl (C=O) groups is 1. The highest BCUT2D eigenvalue weighted by atomic mass is 19.4. The Morgan fingerprint density at radius 3 is 2.41 bits per heavy atom. The maximum Gasteiger partial charge on any atom is 0.411 e. The van der Waals surface area contributed by atoms with Gasteiger partial charge in [0, 0.05) is 12.6 Å². The van der Waals surface area contributed by atoms with E-state index in [0.29, 0.717) is 0 Å². The maximum atomic E-state index is 11.7. The van der Waals surface area contributed by atoms with E-state index in [0.717, 1.165) is 0 Å². The van der Waals surface area contributed by atoms with E-state index in [1.807, 2.05) is 0 Å². The van der Waals surface area contributed by atoms with E-state index in [-0.39, 0.29) is 38.1 Å². The third-order valence-electron chi connectivity index (χ3n) is 2.01.